The van der Waals surface area contributed by atoms with Crippen LogP contribution in [0.15, 0.2) is 29.3 Å². The summed E-state index contributed by atoms with van der Waals surface area (Å²) in [5.74, 6) is 1.62. The highest BCUT2D eigenvalue weighted by Gasteiger charge is 2.26. The number of para-hydroxylation sites is 1. The monoisotopic (exact) mass is 439 g/mol. The lowest BCUT2D eigenvalue weighted by Crippen LogP contribution is -2.43. The van der Waals surface area contributed by atoms with Gasteiger partial charge in [0.1, 0.15) is 5.75 Å². The first-order valence-corrected chi connectivity index (χ1v) is 12.5. The highest BCUT2D eigenvalue weighted by molar-refractivity contribution is 7.88. The molecule has 9 heteroatoms. The van der Waals surface area contributed by atoms with Crippen molar-refractivity contribution in [2.24, 2.45) is 4.99 Å². The summed E-state index contributed by atoms with van der Waals surface area (Å²) in [5.41, 5.74) is 1.18. The van der Waals surface area contributed by atoms with Gasteiger partial charge < -0.3 is 15.4 Å². The predicted octanol–water partition coefficient (Wildman–Crippen LogP) is 1.67. The van der Waals surface area contributed by atoms with Gasteiger partial charge in [-0.2, -0.15) is 0 Å². The van der Waals surface area contributed by atoms with Crippen LogP contribution in [0.4, 0.5) is 0 Å². The van der Waals surface area contributed by atoms with Crippen LogP contribution in [0, 0.1) is 0 Å². The van der Waals surface area contributed by atoms with Gasteiger partial charge in [-0.15, -0.1) is 0 Å². The molecule has 1 atom stereocenters. The molecule has 1 saturated heterocycles. The minimum atomic E-state index is -3.15. The van der Waals surface area contributed by atoms with Crippen LogP contribution in [0.2, 0.25) is 0 Å². The number of guanidine groups is 1. The van der Waals surface area contributed by atoms with Crippen LogP contribution in [0.3, 0.4) is 0 Å². The van der Waals surface area contributed by atoms with Crippen molar-refractivity contribution in [3.8, 4) is 5.75 Å². The number of nitrogens with zero attached hydrogens (tertiary/aromatic N) is 3. The summed E-state index contributed by atoms with van der Waals surface area (Å²) in [4.78, 5) is 6.81. The van der Waals surface area contributed by atoms with E-state index < -0.39 is 10.0 Å². The summed E-state index contributed by atoms with van der Waals surface area (Å²) in [6, 6.07) is 8.38. The average molecular weight is 440 g/mol. The molecule has 2 N–H and O–H groups in total. The molecule has 0 aliphatic carbocycles. The third-order valence-corrected chi connectivity index (χ3v) is 6.84. The minimum absolute atomic E-state index is 0.197. The molecule has 1 aliphatic rings. The van der Waals surface area contributed by atoms with Gasteiger partial charge in [-0.25, -0.2) is 12.7 Å². The van der Waals surface area contributed by atoms with Crippen LogP contribution >= 0.6 is 0 Å². The molecule has 1 heterocycles. The Morgan fingerprint density at radius 3 is 2.57 bits per heavy atom. The zero-order chi connectivity index (χ0) is 22.0. The van der Waals surface area contributed by atoms with Gasteiger partial charge in [0.05, 0.1) is 19.4 Å². The van der Waals surface area contributed by atoms with Crippen molar-refractivity contribution in [1.82, 2.24) is 19.8 Å². The molecule has 0 amide bonds. The fourth-order valence-electron chi connectivity index (χ4n) is 3.87. The number of aliphatic imine (C=N–C) groups is 1. The Hall–Kier alpha value is -1.84. The molecule has 0 radical (unpaired) electrons. The van der Waals surface area contributed by atoms with Gasteiger partial charge >= 0.3 is 0 Å². The van der Waals surface area contributed by atoms with E-state index in [1.165, 1.54) is 29.0 Å². The zero-order valence-corrected chi connectivity index (χ0v) is 19.5. The molecule has 0 saturated carbocycles. The van der Waals surface area contributed by atoms with Crippen LogP contribution in [-0.2, 0) is 10.0 Å². The van der Waals surface area contributed by atoms with Crippen LogP contribution in [0.25, 0.3) is 0 Å². The Bertz CT molecular complexity index is 779. The Morgan fingerprint density at radius 1 is 1.27 bits per heavy atom. The molecule has 0 aromatic heterocycles. The maximum absolute atomic E-state index is 11.7. The van der Waals surface area contributed by atoms with Crippen LogP contribution < -0.4 is 15.4 Å². The van der Waals surface area contributed by atoms with Crippen molar-refractivity contribution >= 4 is 16.0 Å². The van der Waals surface area contributed by atoms with E-state index in [1.54, 1.807) is 14.2 Å². The topological polar surface area (TPSA) is 86.3 Å². The largest absolute Gasteiger partial charge is 0.496 e. The molecule has 170 valence electrons. The lowest BCUT2D eigenvalue weighted by atomic mass is 10.0. The third kappa shape index (κ3) is 7.14. The van der Waals surface area contributed by atoms with Crippen molar-refractivity contribution in [2.75, 3.05) is 59.7 Å². The molecule has 1 aromatic carbocycles. The molecule has 8 nitrogen and oxygen atoms in total. The summed E-state index contributed by atoms with van der Waals surface area (Å²) in [6.45, 7) is 6.35. The van der Waals surface area contributed by atoms with Crippen LogP contribution in [0.5, 0.6) is 5.75 Å². The van der Waals surface area contributed by atoms with Gasteiger partial charge in [0.2, 0.25) is 10.0 Å². The SMILES string of the molecule is CCN(CCCNC(=NC)NCC(c1ccccc1OC)N1CCCC1)S(C)(=O)=O. The van der Waals surface area contributed by atoms with Crippen LogP contribution in [-0.4, -0.2) is 83.3 Å². The summed E-state index contributed by atoms with van der Waals surface area (Å²) < 4.78 is 30.5. The average Bonchev–Trinajstić information content (AvgIpc) is 3.26. The number of benzene rings is 1. The van der Waals surface area contributed by atoms with Crippen molar-refractivity contribution in [1.29, 1.82) is 0 Å². The van der Waals surface area contributed by atoms with E-state index in [9.17, 15) is 8.42 Å². The molecule has 0 spiro atoms. The Morgan fingerprint density at radius 2 is 1.97 bits per heavy atom. The number of rotatable bonds is 11. The van der Waals surface area contributed by atoms with Crippen molar-refractivity contribution in [3.63, 3.8) is 0 Å². The first-order chi connectivity index (χ1) is 14.4. The van der Waals surface area contributed by atoms with E-state index in [-0.39, 0.29) is 6.04 Å². The van der Waals surface area contributed by atoms with Gasteiger partial charge in [-0.05, 0) is 38.4 Å². The lowest BCUT2D eigenvalue weighted by Gasteiger charge is -2.30. The standard InChI is InChI=1S/C21H37N5O3S/c1-5-26(30(4,27)28)16-10-13-23-21(22-2)24-17-19(25-14-8-9-15-25)18-11-6-7-12-20(18)29-3/h6-7,11-12,19H,5,8-10,13-17H2,1-4H3,(H2,22,23,24). The maximum atomic E-state index is 11.7. The number of sulfonamides is 1. The molecule has 1 aliphatic heterocycles. The van der Waals surface area contributed by atoms with Gasteiger partial charge in [0.15, 0.2) is 5.96 Å². The molecular formula is C21H37N5O3S. The maximum Gasteiger partial charge on any atom is 0.211 e. The predicted molar refractivity (Wildman–Crippen MR) is 123 cm³/mol. The first kappa shape index (κ1) is 24.4. The number of hydrogen-bond donors (Lipinski definition) is 2. The third-order valence-electron chi connectivity index (χ3n) is 5.46. The zero-order valence-electron chi connectivity index (χ0n) is 18.7. The molecular weight excluding hydrogens is 402 g/mol. The van der Waals surface area contributed by atoms with E-state index in [2.05, 4.69) is 32.7 Å². The van der Waals surface area contributed by atoms with E-state index in [0.29, 0.717) is 32.6 Å². The van der Waals surface area contributed by atoms with Gasteiger partial charge in [0, 0.05) is 38.8 Å². The number of hydrogen-bond acceptors (Lipinski definition) is 5. The van der Waals surface area contributed by atoms with Crippen molar-refractivity contribution < 1.29 is 13.2 Å². The molecule has 1 aromatic rings. The Kier molecular flexibility index (Phi) is 9.87. The summed E-state index contributed by atoms with van der Waals surface area (Å²) in [5, 5.41) is 6.73. The number of likely N-dealkylation sites (tertiary alicyclic amines) is 1. The normalized spacial score (nSPS) is 16.6. The van der Waals surface area contributed by atoms with E-state index in [0.717, 1.165) is 24.8 Å². The molecule has 1 fully saturated rings. The highest BCUT2D eigenvalue weighted by Crippen LogP contribution is 2.31. The summed E-state index contributed by atoms with van der Waals surface area (Å²) >= 11 is 0. The minimum Gasteiger partial charge on any atom is -0.496 e. The second-order valence-electron chi connectivity index (χ2n) is 7.49. The fourth-order valence-corrected chi connectivity index (χ4v) is 4.80. The Balaban J connectivity index is 1.93. The second-order valence-corrected chi connectivity index (χ2v) is 9.47. The lowest BCUT2D eigenvalue weighted by molar-refractivity contribution is 0.239. The first-order valence-electron chi connectivity index (χ1n) is 10.7. The fraction of sp³-hybridized carbons (Fsp3) is 0.667. The molecule has 2 rings (SSSR count). The van der Waals surface area contributed by atoms with Crippen molar-refractivity contribution in [2.45, 2.75) is 32.2 Å². The molecule has 30 heavy (non-hydrogen) atoms. The number of nitrogens with one attached hydrogen (secondary N) is 2. The van der Waals surface area contributed by atoms with E-state index in [4.69, 9.17) is 4.74 Å². The second kappa shape index (κ2) is 12.1. The van der Waals surface area contributed by atoms with Crippen LogP contribution in [0.1, 0.15) is 37.8 Å². The van der Waals surface area contributed by atoms with Gasteiger partial charge in [0.25, 0.3) is 0 Å². The van der Waals surface area contributed by atoms with E-state index >= 15 is 0 Å². The number of methoxy groups -OCH3 is 1. The summed E-state index contributed by atoms with van der Waals surface area (Å²) in [7, 11) is 0.313. The highest BCUT2D eigenvalue weighted by atomic mass is 32.2. The quantitative estimate of drug-likeness (QED) is 0.310. The van der Waals surface area contributed by atoms with E-state index in [1.807, 2.05) is 19.1 Å². The molecule has 1 unspecified atom stereocenters. The van der Waals surface area contributed by atoms with Crippen molar-refractivity contribution in [3.05, 3.63) is 29.8 Å². The van der Waals surface area contributed by atoms with Gasteiger partial charge in [-0.3, -0.25) is 9.89 Å². The Labute approximate surface area is 181 Å². The molecule has 0 bridgehead atoms. The number of ether oxygens (including phenoxy) is 1. The summed E-state index contributed by atoms with van der Waals surface area (Å²) in [6.07, 6.45) is 4.39. The smallest absolute Gasteiger partial charge is 0.211 e. The van der Waals surface area contributed by atoms with Gasteiger partial charge in [-0.1, -0.05) is 25.1 Å².